The van der Waals surface area contributed by atoms with Crippen molar-refractivity contribution in [3.8, 4) is 0 Å². The lowest BCUT2D eigenvalue weighted by molar-refractivity contribution is -0.0318. The topological polar surface area (TPSA) is 62.8 Å². The number of hydrogen-bond acceptors (Lipinski definition) is 5. The van der Waals surface area contributed by atoms with Gasteiger partial charge in [0.25, 0.3) is 0 Å². The zero-order valence-corrected chi connectivity index (χ0v) is 14.2. The molecule has 2 aliphatic heterocycles. The second-order valence-corrected chi connectivity index (χ2v) is 7.27. The molecule has 0 aliphatic carbocycles. The number of carbonyl (C=O) groups excluding carboxylic acids is 1. The van der Waals surface area contributed by atoms with E-state index in [1.807, 2.05) is 20.8 Å². The van der Waals surface area contributed by atoms with Crippen LogP contribution >= 0.6 is 0 Å². The van der Waals surface area contributed by atoms with Gasteiger partial charge in [-0.05, 0) is 59.2 Å². The molecule has 0 aromatic carbocycles. The Bertz CT molecular complexity index is 351. The smallest absolute Gasteiger partial charge is 0.410 e. The second kappa shape index (κ2) is 8.13. The molecule has 2 unspecified atom stereocenters. The molecule has 22 heavy (non-hydrogen) atoms. The largest absolute Gasteiger partial charge is 0.444 e. The molecule has 2 rings (SSSR count). The summed E-state index contributed by atoms with van der Waals surface area (Å²) >= 11 is 0. The number of nitrogens with zero attached hydrogens (tertiary/aromatic N) is 1. The maximum absolute atomic E-state index is 12.3. The van der Waals surface area contributed by atoms with Crippen LogP contribution in [-0.4, -0.2) is 68.6 Å². The predicted molar refractivity (Wildman–Crippen MR) is 86.0 cm³/mol. The fourth-order valence-corrected chi connectivity index (χ4v) is 2.94. The van der Waals surface area contributed by atoms with Gasteiger partial charge in [-0.15, -0.1) is 0 Å². The zero-order chi connectivity index (χ0) is 16.0. The van der Waals surface area contributed by atoms with Crippen molar-refractivity contribution in [1.29, 1.82) is 0 Å². The number of hydrogen-bond donors (Lipinski definition) is 2. The van der Waals surface area contributed by atoms with E-state index in [1.165, 1.54) is 12.8 Å². The van der Waals surface area contributed by atoms with E-state index in [4.69, 9.17) is 9.47 Å². The summed E-state index contributed by atoms with van der Waals surface area (Å²) in [5.74, 6) is 0.688. The van der Waals surface area contributed by atoms with E-state index in [1.54, 1.807) is 4.90 Å². The molecular weight excluding hydrogens is 282 g/mol. The van der Waals surface area contributed by atoms with Crippen molar-refractivity contribution >= 4 is 6.09 Å². The van der Waals surface area contributed by atoms with Crippen LogP contribution in [0.3, 0.4) is 0 Å². The molecule has 2 atom stereocenters. The monoisotopic (exact) mass is 313 g/mol. The fraction of sp³-hybridized carbons (Fsp3) is 0.938. The van der Waals surface area contributed by atoms with E-state index in [-0.39, 0.29) is 12.1 Å². The molecule has 0 spiro atoms. The standard InChI is InChI=1S/C16H31N3O3/c1-16(2,3)22-15(20)19-7-8-21-12-14(19)11-18-10-13-5-4-6-17-9-13/h13-14,17-18H,4-12H2,1-3H3. The van der Waals surface area contributed by atoms with Gasteiger partial charge in [0.2, 0.25) is 0 Å². The highest BCUT2D eigenvalue weighted by Crippen LogP contribution is 2.14. The third kappa shape index (κ3) is 5.74. The van der Waals surface area contributed by atoms with Gasteiger partial charge in [0, 0.05) is 13.1 Å². The summed E-state index contributed by atoms with van der Waals surface area (Å²) in [5.41, 5.74) is -0.457. The zero-order valence-electron chi connectivity index (χ0n) is 14.2. The summed E-state index contributed by atoms with van der Waals surface area (Å²) in [7, 11) is 0. The Morgan fingerprint density at radius 3 is 2.91 bits per heavy atom. The van der Waals surface area contributed by atoms with Crippen molar-refractivity contribution < 1.29 is 14.3 Å². The lowest BCUT2D eigenvalue weighted by atomic mass is 10.00. The molecule has 0 aromatic rings. The molecule has 0 radical (unpaired) electrons. The van der Waals surface area contributed by atoms with E-state index in [2.05, 4.69) is 10.6 Å². The molecular formula is C16H31N3O3. The van der Waals surface area contributed by atoms with Crippen LogP contribution < -0.4 is 10.6 Å². The first kappa shape index (κ1) is 17.5. The van der Waals surface area contributed by atoms with Gasteiger partial charge >= 0.3 is 6.09 Å². The number of rotatable bonds is 4. The minimum Gasteiger partial charge on any atom is -0.444 e. The van der Waals surface area contributed by atoms with Crippen molar-refractivity contribution in [2.45, 2.75) is 45.3 Å². The van der Waals surface area contributed by atoms with Crippen molar-refractivity contribution in [3.05, 3.63) is 0 Å². The number of nitrogens with one attached hydrogen (secondary N) is 2. The quantitative estimate of drug-likeness (QED) is 0.817. The van der Waals surface area contributed by atoms with Crippen LogP contribution in [0.1, 0.15) is 33.6 Å². The summed E-state index contributed by atoms with van der Waals surface area (Å²) in [5, 5.41) is 6.93. The van der Waals surface area contributed by atoms with E-state index >= 15 is 0 Å². The van der Waals surface area contributed by atoms with Gasteiger partial charge in [-0.25, -0.2) is 4.79 Å². The highest BCUT2D eigenvalue weighted by molar-refractivity contribution is 5.68. The molecule has 2 N–H and O–H groups in total. The van der Waals surface area contributed by atoms with Crippen LogP contribution in [0.25, 0.3) is 0 Å². The Kier molecular flexibility index (Phi) is 6.47. The number of morpholine rings is 1. The number of ether oxygens (including phenoxy) is 2. The minimum absolute atomic E-state index is 0.0557. The van der Waals surface area contributed by atoms with Gasteiger partial charge < -0.3 is 20.1 Å². The molecule has 6 heteroatoms. The summed E-state index contributed by atoms with van der Waals surface area (Å²) in [6, 6.07) is 0.0557. The van der Waals surface area contributed by atoms with Crippen molar-refractivity contribution in [2.24, 2.45) is 5.92 Å². The van der Waals surface area contributed by atoms with Crippen LogP contribution in [0, 0.1) is 5.92 Å². The van der Waals surface area contributed by atoms with Crippen molar-refractivity contribution in [2.75, 3.05) is 45.9 Å². The summed E-state index contributed by atoms with van der Waals surface area (Å²) < 4.78 is 11.0. The normalized spacial score (nSPS) is 26.8. The van der Waals surface area contributed by atoms with Crippen molar-refractivity contribution in [3.63, 3.8) is 0 Å². The van der Waals surface area contributed by atoms with Gasteiger partial charge in [-0.3, -0.25) is 4.90 Å². The Hall–Kier alpha value is -0.850. The van der Waals surface area contributed by atoms with Gasteiger partial charge in [-0.2, -0.15) is 0 Å². The minimum atomic E-state index is -0.457. The number of amides is 1. The van der Waals surface area contributed by atoms with Crippen molar-refractivity contribution in [1.82, 2.24) is 15.5 Å². The average molecular weight is 313 g/mol. The van der Waals surface area contributed by atoms with Gasteiger partial charge in [-0.1, -0.05) is 0 Å². The number of carbonyl (C=O) groups is 1. The fourth-order valence-electron chi connectivity index (χ4n) is 2.94. The molecule has 1 amide bonds. The molecule has 0 aromatic heterocycles. The molecule has 2 aliphatic rings. The van der Waals surface area contributed by atoms with Crippen LogP contribution in [0.5, 0.6) is 0 Å². The SMILES string of the molecule is CC(C)(C)OC(=O)N1CCOCC1CNCC1CCCNC1. The molecule has 6 nitrogen and oxygen atoms in total. The molecule has 128 valence electrons. The second-order valence-electron chi connectivity index (χ2n) is 7.27. The lowest BCUT2D eigenvalue weighted by Gasteiger charge is -2.37. The Morgan fingerprint density at radius 1 is 1.41 bits per heavy atom. The highest BCUT2D eigenvalue weighted by atomic mass is 16.6. The molecule has 2 saturated heterocycles. The van der Waals surface area contributed by atoms with Crippen LogP contribution in [0.4, 0.5) is 4.79 Å². The molecule has 0 bridgehead atoms. The molecule has 2 heterocycles. The van der Waals surface area contributed by atoms with Crippen LogP contribution in [0.15, 0.2) is 0 Å². The van der Waals surface area contributed by atoms with E-state index in [0.717, 1.165) is 26.2 Å². The highest BCUT2D eigenvalue weighted by Gasteiger charge is 2.30. The summed E-state index contributed by atoms with van der Waals surface area (Å²) in [4.78, 5) is 14.1. The third-order valence-corrected chi connectivity index (χ3v) is 4.07. The average Bonchev–Trinajstić information content (AvgIpc) is 2.47. The first-order valence-electron chi connectivity index (χ1n) is 8.44. The Balaban J connectivity index is 1.77. The Morgan fingerprint density at radius 2 is 2.23 bits per heavy atom. The van der Waals surface area contributed by atoms with Crippen LogP contribution in [0.2, 0.25) is 0 Å². The van der Waals surface area contributed by atoms with Gasteiger partial charge in [0.05, 0.1) is 19.3 Å². The van der Waals surface area contributed by atoms with Crippen LogP contribution in [-0.2, 0) is 9.47 Å². The third-order valence-electron chi connectivity index (χ3n) is 4.07. The maximum Gasteiger partial charge on any atom is 0.410 e. The van der Waals surface area contributed by atoms with Gasteiger partial charge in [0.15, 0.2) is 0 Å². The summed E-state index contributed by atoms with van der Waals surface area (Å²) in [6.45, 7) is 11.4. The first-order chi connectivity index (χ1) is 10.5. The van der Waals surface area contributed by atoms with Gasteiger partial charge in [0.1, 0.15) is 5.60 Å². The first-order valence-corrected chi connectivity index (χ1v) is 8.44. The van der Waals surface area contributed by atoms with E-state index < -0.39 is 5.60 Å². The maximum atomic E-state index is 12.3. The molecule has 2 fully saturated rings. The lowest BCUT2D eigenvalue weighted by Crippen LogP contribution is -2.54. The summed E-state index contributed by atoms with van der Waals surface area (Å²) in [6.07, 6.45) is 2.29. The predicted octanol–water partition coefficient (Wildman–Crippen LogP) is 1.21. The molecule has 0 saturated carbocycles. The Labute approximate surface area is 133 Å². The van der Waals surface area contributed by atoms with E-state index in [9.17, 15) is 4.79 Å². The number of piperidine rings is 1. The van der Waals surface area contributed by atoms with E-state index in [0.29, 0.717) is 25.7 Å².